The SMILES string of the molecule is CNc1ccc(C(=O)N(C)c2ccc(F)cc2)nc1. The minimum absolute atomic E-state index is 0.241. The average Bonchev–Trinajstić information content (AvgIpc) is 2.46. The third-order valence-corrected chi connectivity index (χ3v) is 2.79. The van der Waals surface area contributed by atoms with Gasteiger partial charge in [-0.3, -0.25) is 4.79 Å². The molecule has 0 radical (unpaired) electrons. The van der Waals surface area contributed by atoms with Crippen molar-refractivity contribution >= 4 is 17.3 Å². The maximum absolute atomic E-state index is 12.8. The molecular weight excluding hydrogens is 245 g/mol. The predicted molar refractivity (Wildman–Crippen MR) is 72.9 cm³/mol. The summed E-state index contributed by atoms with van der Waals surface area (Å²) < 4.78 is 12.8. The third-order valence-electron chi connectivity index (χ3n) is 2.79. The summed E-state index contributed by atoms with van der Waals surface area (Å²) in [5.74, 6) is -0.574. The number of anilines is 2. The van der Waals surface area contributed by atoms with Crippen LogP contribution in [0, 0.1) is 5.82 Å². The van der Waals surface area contributed by atoms with Crippen molar-refractivity contribution in [2.45, 2.75) is 0 Å². The molecule has 1 amide bonds. The second-order valence-electron chi connectivity index (χ2n) is 4.02. The van der Waals surface area contributed by atoms with Crippen LogP contribution in [0.2, 0.25) is 0 Å². The molecule has 0 bridgehead atoms. The lowest BCUT2D eigenvalue weighted by Crippen LogP contribution is -2.27. The van der Waals surface area contributed by atoms with E-state index in [9.17, 15) is 9.18 Å². The van der Waals surface area contributed by atoms with E-state index in [1.807, 2.05) is 0 Å². The first-order chi connectivity index (χ1) is 9.11. The van der Waals surface area contributed by atoms with Gasteiger partial charge in [0.15, 0.2) is 0 Å². The van der Waals surface area contributed by atoms with Gasteiger partial charge >= 0.3 is 0 Å². The van der Waals surface area contributed by atoms with Gasteiger partial charge in [-0.15, -0.1) is 0 Å². The number of carbonyl (C=O) groups is 1. The number of aromatic nitrogens is 1. The zero-order valence-electron chi connectivity index (χ0n) is 10.7. The topological polar surface area (TPSA) is 45.2 Å². The maximum Gasteiger partial charge on any atom is 0.276 e. The highest BCUT2D eigenvalue weighted by Crippen LogP contribution is 2.16. The van der Waals surface area contributed by atoms with Crippen molar-refractivity contribution in [2.75, 3.05) is 24.3 Å². The van der Waals surface area contributed by atoms with Gasteiger partial charge in [0.05, 0.1) is 11.9 Å². The molecule has 0 unspecified atom stereocenters. The number of hydrogen-bond donors (Lipinski definition) is 1. The highest BCUT2D eigenvalue weighted by atomic mass is 19.1. The summed E-state index contributed by atoms with van der Waals surface area (Å²) in [7, 11) is 3.41. The molecule has 1 aromatic heterocycles. The van der Waals surface area contributed by atoms with E-state index in [0.29, 0.717) is 11.4 Å². The summed E-state index contributed by atoms with van der Waals surface area (Å²) >= 11 is 0. The Morgan fingerprint density at radius 1 is 1.21 bits per heavy atom. The molecule has 2 aromatic rings. The molecule has 0 spiro atoms. The van der Waals surface area contributed by atoms with Crippen molar-refractivity contribution in [1.82, 2.24) is 4.98 Å². The highest BCUT2D eigenvalue weighted by molar-refractivity contribution is 6.04. The smallest absolute Gasteiger partial charge is 0.276 e. The first kappa shape index (κ1) is 13.0. The van der Waals surface area contributed by atoms with E-state index in [1.165, 1.54) is 17.0 Å². The Labute approximate surface area is 110 Å². The lowest BCUT2D eigenvalue weighted by atomic mass is 10.2. The monoisotopic (exact) mass is 259 g/mol. The Morgan fingerprint density at radius 2 is 1.89 bits per heavy atom. The van der Waals surface area contributed by atoms with Crippen molar-refractivity contribution in [3.8, 4) is 0 Å². The summed E-state index contributed by atoms with van der Waals surface area (Å²) in [5, 5.41) is 2.93. The maximum atomic E-state index is 12.8. The minimum Gasteiger partial charge on any atom is -0.387 e. The molecule has 0 aliphatic heterocycles. The van der Waals surface area contributed by atoms with Crippen molar-refractivity contribution in [2.24, 2.45) is 0 Å². The Kier molecular flexibility index (Phi) is 3.75. The molecule has 0 saturated carbocycles. The number of amides is 1. The van der Waals surface area contributed by atoms with E-state index in [2.05, 4.69) is 10.3 Å². The molecule has 1 N–H and O–H groups in total. The van der Waals surface area contributed by atoms with Crippen LogP contribution in [0.25, 0.3) is 0 Å². The number of hydrogen-bond acceptors (Lipinski definition) is 3. The second kappa shape index (κ2) is 5.48. The van der Waals surface area contributed by atoms with Crippen LogP contribution in [0.3, 0.4) is 0 Å². The van der Waals surface area contributed by atoms with Gasteiger partial charge in [0.25, 0.3) is 5.91 Å². The summed E-state index contributed by atoms with van der Waals surface area (Å²) in [6.07, 6.45) is 1.59. The summed E-state index contributed by atoms with van der Waals surface area (Å²) in [6, 6.07) is 9.16. The summed E-state index contributed by atoms with van der Waals surface area (Å²) in [4.78, 5) is 17.7. The van der Waals surface area contributed by atoms with Gasteiger partial charge < -0.3 is 10.2 Å². The predicted octanol–water partition coefficient (Wildman–Crippen LogP) is 2.54. The third kappa shape index (κ3) is 2.88. The van der Waals surface area contributed by atoms with Crippen molar-refractivity contribution in [3.05, 3.63) is 54.1 Å². The van der Waals surface area contributed by atoms with E-state index in [1.54, 1.807) is 44.6 Å². The van der Waals surface area contributed by atoms with Gasteiger partial charge in [-0.1, -0.05) is 0 Å². The van der Waals surface area contributed by atoms with Gasteiger partial charge in [0.1, 0.15) is 11.5 Å². The van der Waals surface area contributed by atoms with E-state index >= 15 is 0 Å². The van der Waals surface area contributed by atoms with Crippen LogP contribution in [0.5, 0.6) is 0 Å². The quantitative estimate of drug-likeness (QED) is 0.921. The molecule has 1 aromatic carbocycles. The first-order valence-corrected chi connectivity index (χ1v) is 5.79. The Morgan fingerprint density at radius 3 is 2.42 bits per heavy atom. The molecule has 19 heavy (non-hydrogen) atoms. The molecular formula is C14H14FN3O. The number of rotatable bonds is 3. The van der Waals surface area contributed by atoms with Crippen molar-refractivity contribution < 1.29 is 9.18 Å². The fourth-order valence-electron chi connectivity index (χ4n) is 1.62. The lowest BCUT2D eigenvalue weighted by molar-refractivity contribution is 0.0988. The van der Waals surface area contributed by atoms with Crippen LogP contribution < -0.4 is 10.2 Å². The summed E-state index contributed by atoms with van der Waals surface area (Å²) in [5.41, 5.74) is 1.79. The van der Waals surface area contributed by atoms with Gasteiger partial charge in [-0.2, -0.15) is 0 Å². The molecule has 98 valence electrons. The van der Waals surface area contributed by atoms with Gasteiger partial charge in [-0.25, -0.2) is 9.37 Å². The van der Waals surface area contributed by atoms with Crippen LogP contribution >= 0.6 is 0 Å². The fraction of sp³-hybridized carbons (Fsp3) is 0.143. The number of nitrogens with zero attached hydrogens (tertiary/aromatic N) is 2. The summed E-state index contributed by atoms with van der Waals surface area (Å²) in [6.45, 7) is 0. The Hall–Kier alpha value is -2.43. The van der Waals surface area contributed by atoms with E-state index in [4.69, 9.17) is 0 Å². The molecule has 0 aliphatic carbocycles. The molecule has 1 heterocycles. The molecule has 0 atom stereocenters. The lowest BCUT2D eigenvalue weighted by Gasteiger charge is -2.16. The molecule has 5 heteroatoms. The zero-order valence-corrected chi connectivity index (χ0v) is 10.7. The van der Waals surface area contributed by atoms with Crippen LogP contribution in [0.1, 0.15) is 10.5 Å². The molecule has 0 saturated heterocycles. The highest BCUT2D eigenvalue weighted by Gasteiger charge is 2.14. The second-order valence-corrected chi connectivity index (χ2v) is 4.02. The van der Waals surface area contributed by atoms with E-state index in [0.717, 1.165) is 5.69 Å². The van der Waals surface area contributed by atoms with Crippen molar-refractivity contribution in [3.63, 3.8) is 0 Å². The van der Waals surface area contributed by atoms with E-state index in [-0.39, 0.29) is 11.7 Å². The minimum atomic E-state index is -0.332. The molecule has 0 fully saturated rings. The van der Waals surface area contributed by atoms with E-state index < -0.39 is 0 Å². The number of carbonyl (C=O) groups excluding carboxylic acids is 1. The molecule has 0 aliphatic rings. The van der Waals surface area contributed by atoms with Gasteiger partial charge in [0.2, 0.25) is 0 Å². The molecule has 2 rings (SSSR count). The average molecular weight is 259 g/mol. The number of nitrogens with one attached hydrogen (secondary N) is 1. The normalized spacial score (nSPS) is 10.1. The van der Waals surface area contributed by atoms with Gasteiger partial charge in [0, 0.05) is 19.8 Å². The number of pyridine rings is 1. The first-order valence-electron chi connectivity index (χ1n) is 5.79. The standard InChI is InChI=1S/C14H14FN3O/c1-16-11-5-8-13(17-9-11)14(19)18(2)12-6-3-10(15)4-7-12/h3-9,16H,1-2H3. The van der Waals surface area contributed by atoms with Crippen LogP contribution in [0.4, 0.5) is 15.8 Å². The number of benzene rings is 1. The zero-order chi connectivity index (χ0) is 13.8. The van der Waals surface area contributed by atoms with Crippen molar-refractivity contribution in [1.29, 1.82) is 0 Å². The van der Waals surface area contributed by atoms with Crippen LogP contribution in [-0.2, 0) is 0 Å². The van der Waals surface area contributed by atoms with Crippen LogP contribution in [-0.4, -0.2) is 25.0 Å². The van der Waals surface area contributed by atoms with Gasteiger partial charge in [-0.05, 0) is 36.4 Å². The Bertz CT molecular complexity index is 566. The largest absolute Gasteiger partial charge is 0.387 e. The Balaban J connectivity index is 2.20. The van der Waals surface area contributed by atoms with Crippen LogP contribution in [0.15, 0.2) is 42.6 Å². The number of halogens is 1. The fourth-order valence-corrected chi connectivity index (χ4v) is 1.62. The molecule has 4 nitrogen and oxygen atoms in total.